The van der Waals surface area contributed by atoms with Gasteiger partial charge in [0, 0.05) is 18.8 Å². The molecule has 33 heavy (non-hydrogen) atoms. The monoisotopic (exact) mass is 443 g/mol. The van der Waals surface area contributed by atoms with Crippen LogP contribution in [0.1, 0.15) is 70.4 Å². The maximum atomic E-state index is 13.3. The first kappa shape index (κ1) is 22.2. The van der Waals surface area contributed by atoms with E-state index in [4.69, 9.17) is 0 Å². The van der Waals surface area contributed by atoms with Crippen molar-refractivity contribution in [2.75, 3.05) is 11.4 Å². The van der Waals surface area contributed by atoms with Crippen LogP contribution in [0.3, 0.4) is 0 Å². The number of hydrazone groups is 1. The number of hydrogen-bond acceptors (Lipinski definition) is 3. The van der Waals surface area contributed by atoms with Gasteiger partial charge in [-0.05, 0) is 85.5 Å². The molecule has 0 heterocycles. The van der Waals surface area contributed by atoms with Crippen LogP contribution in [0.25, 0.3) is 0 Å². The maximum absolute atomic E-state index is 13.3. The third kappa shape index (κ3) is 4.45. The predicted octanol–water partition coefficient (Wildman–Crippen LogP) is 6.16. The van der Waals surface area contributed by atoms with Gasteiger partial charge in [-0.2, -0.15) is 5.10 Å². The highest BCUT2D eigenvalue weighted by Gasteiger charge is 2.62. The van der Waals surface area contributed by atoms with Gasteiger partial charge in [-0.1, -0.05) is 56.3 Å². The fourth-order valence-corrected chi connectivity index (χ4v) is 7.95. The van der Waals surface area contributed by atoms with E-state index >= 15 is 0 Å². The van der Waals surface area contributed by atoms with Gasteiger partial charge in [-0.25, -0.2) is 5.43 Å². The van der Waals surface area contributed by atoms with Crippen LogP contribution >= 0.6 is 0 Å². The smallest absolute Gasteiger partial charge is 0.246 e. The normalized spacial score (nSPS) is 32.3. The molecule has 4 aliphatic rings. The van der Waals surface area contributed by atoms with E-state index in [2.05, 4.69) is 90.8 Å². The van der Waals surface area contributed by atoms with Crippen LogP contribution in [-0.4, -0.2) is 18.7 Å². The number of carbonyl (C=O) groups is 1. The van der Waals surface area contributed by atoms with Gasteiger partial charge in [-0.15, -0.1) is 0 Å². The molecule has 174 valence electrons. The lowest BCUT2D eigenvalue weighted by molar-refractivity contribution is -0.170. The van der Waals surface area contributed by atoms with Gasteiger partial charge < -0.3 is 4.90 Å². The minimum absolute atomic E-state index is 0.136. The number of anilines is 1. The van der Waals surface area contributed by atoms with Crippen LogP contribution in [0.2, 0.25) is 0 Å². The van der Waals surface area contributed by atoms with Crippen molar-refractivity contribution in [2.45, 2.75) is 65.8 Å². The molecule has 0 saturated heterocycles. The molecular weight excluding hydrogens is 406 g/mol. The Balaban J connectivity index is 1.22. The summed E-state index contributed by atoms with van der Waals surface area (Å²) in [4.78, 5) is 15.6. The summed E-state index contributed by atoms with van der Waals surface area (Å²) in [6.45, 7) is 8.82. The molecule has 4 heteroatoms. The van der Waals surface area contributed by atoms with Crippen molar-refractivity contribution in [2.24, 2.45) is 27.3 Å². The van der Waals surface area contributed by atoms with Crippen molar-refractivity contribution in [1.82, 2.24) is 5.43 Å². The zero-order valence-corrected chi connectivity index (χ0v) is 20.3. The van der Waals surface area contributed by atoms with E-state index in [1.165, 1.54) is 30.5 Å². The average molecular weight is 444 g/mol. The highest BCUT2D eigenvalue weighted by molar-refractivity contribution is 5.86. The van der Waals surface area contributed by atoms with Crippen LogP contribution < -0.4 is 10.3 Å². The Morgan fingerprint density at radius 2 is 1.67 bits per heavy atom. The van der Waals surface area contributed by atoms with Crippen LogP contribution in [0.5, 0.6) is 0 Å². The summed E-state index contributed by atoms with van der Waals surface area (Å²) in [6, 6.07) is 19.0. The van der Waals surface area contributed by atoms with Gasteiger partial charge in [0.1, 0.15) is 0 Å². The molecule has 2 aromatic carbocycles. The molecule has 1 N–H and O–H groups in total. The quantitative estimate of drug-likeness (QED) is 0.411. The molecule has 4 nitrogen and oxygen atoms in total. The largest absolute Gasteiger partial charge is 0.367 e. The second-order valence-corrected chi connectivity index (χ2v) is 11.7. The Kier molecular flexibility index (Phi) is 5.58. The molecule has 4 saturated carbocycles. The zero-order valence-electron chi connectivity index (χ0n) is 20.3. The number of hydrogen-bond donors (Lipinski definition) is 1. The van der Waals surface area contributed by atoms with Crippen molar-refractivity contribution in [3.63, 3.8) is 0 Å². The van der Waals surface area contributed by atoms with E-state index in [1.54, 1.807) is 6.21 Å². The van der Waals surface area contributed by atoms with E-state index in [0.29, 0.717) is 16.7 Å². The Labute approximate surface area is 198 Å². The maximum Gasteiger partial charge on any atom is 0.246 e. The Morgan fingerprint density at radius 3 is 2.27 bits per heavy atom. The lowest BCUT2D eigenvalue weighted by atomic mass is 9.40. The summed E-state index contributed by atoms with van der Waals surface area (Å²) in [7, 11) is 0. The van der Waals surface area contributed by atoms with E-state index in [0.717, 1.165) is 37.9 Å². The van der Waals surface area contributed by atoms with Crippen LogP contribution in [0, 0.1) is 22.2 Å². The highest BCUT2D eigenvalue weighted by atomic mass is 16.2. The van der Waals surface area contributed by atoms with Gasteiger partial charge in [-0.3, -0.25) is 4.79 Å². The van der Waals surface area contributed by atoms with Crippen LogP contribution in [0.4, 0.5) is 5.69 Å². The van der Waals surface area contributed by atoms with Crippen molar-refractivity contribution in [3.8, 4) is 0 Å². The van der Waals surface area contributed by atoms with Crippen molar-refractivity contribution >= 4 is 17.8 Å². The molecule has 2 unspecified atom stereocenters. The number of nitrogens with zero attached hydrogens (tertiary/aromatic N) is 2. The molecule has 4 fully saturated rings. The van der Waals surface area contributed by atoms with Gasteiger partial charge in [0.05, 0.1) is 11.6 Å². The second kappa shape index (κ2) is 8.30. The first-order valence-corrected chi connectivity index (χ1v) is 12.5. The minimum atomic E-state index is -0.219. The van der Waals surface area contributed by atoms with Crippen molar-refractivity contribution in [1.29, 1.82) is 0 Å². The molecule has 2 aromatic rings. The van der Waals surface area contributed by atoms with Crippen molar-refractivity contribution < 1.29 is 4.79 Å². The molecule has 4 aliphatic carbocycles. The van der Waals surface area contributed by atoms with E-state index in [-0.39, 0.29) is 11.3 Å². The first-order valence-electron chi connectivity index (χ1n) is 12.5. The third-order valence-corrected chi connectivity index (χ3v) is 8.34. The fourth-order valence-electron chi connectivity index (χ4n) is 7.95. The average Bonchev–Trinajstić information content (AvgIpc) is 2.76. The molecular formula is C29H37N3O. The number of nitrogens with one attached hydrogen (secondary N) is 1. The molecule has 4 bridgehead atoms. The summed E-state index contributed by atoms with van der Waals surface area (Å²) < 4.78 is 0. The summed E-state index contributed by atoms with van der Waals surface area (Å²) in [5.74, 6) is 0.841. The number of carbonyl (C=O) groups excluding carboxylic acids is 1. The van der Waals surface area contributed by atoms with Gasteiger partial charge in [0.25, 0.3) is 0 Å². The lowest BCUT2D eigenvalue weighted by Gasteiger charge is -2.64. The van der Waals surface area contributed by atoms with Gasteiger partial charge >= 0.3 is 0 Å². The number of rotatable bonds is 7. The Morgan fingerprint density at radius 1 is 1.00 bits per heavy atom. The molecule has 0 aromatic heterocycles. The predicted molar refractivity (Wildman–Crippen MR) is 135 cm³/mol. The SMILES string of the molecule is CCN(Cc1ccccc1)c1ccc(/C=N/NC(=O)C23CC4CC(C)(CC(C)(C4)C2)C3)cc1. The summed E-state index contributed by atoms with van der Waals surface area (Å²) >= 11 is 0. The molecule has 0 radical (unpaired) electrons. The third-order valence-electron chi connectivity index (χ3n) is 8.34. The van der Waals surface area contributed by atoms with E-state index in [1.807, 2.05) is 0 Å². The van der Waals surface area contributed by atoms with E-state index < -0.39 is 0 Å². The number of benzene rings is 2. The molecule has 1 amide bonds. The Bertz CT molecular complexity index is 1010. The standard InChI is InChI=1S/C29H37N3O/c1-4-32(18-23-8-6-5-7-9-23)25-12-10-22(11-13-25)17-30-31-26(33)29-16-24-14-27(2,20-29)19-28(3,15-24)21-29/h5-13,17,24H,4,14-16,18-21H2,1-3H3,(H,31,33)/b30-17+. The molecule has 2 atom stereocenters. The Hall–Kier alpha value is -2.62. The van der Waals surface area contributed by atoms with Gasteiger partial charge in [0.15, 0.2) is 0 Å². The molecule has 6 rings (SSSR count). The van der Waals surface area contributed by atoms with Crippen LogP contribution in [0.15, 0.2) is 59.7 Å². The number of amides is 1. The highest BCUT2D eigenvalue weighted by Crippen LogP contribution is 2.69. The fraction of sp³-hybridized carbons (Fsp3) is 0.517. The second-order valence-electron chi connectivity index (χ2n) is 11.7. The summed E-state index contributed by atoms with van der Waals surface area (Å²) in [6.07, 6.45) is 8.74. The summed E-state index contributed by atoms with van der Waals surface area (Å²) in [5.41, 5.74) is 6.86. The lowest BCUT2D eigenvalue weighted by Crippen LogP contribution is -2.59. The van der Waals surface area contributed by atoms with Crippen LogP contribution in [-0.2, 0) is 11.3 Å². The summed E-state index contributed by atoms with van der Waals surface area (Å²) in [5, 5.41) is 4.37. The minimum Gasteiger partial charge on any atom is -0.367 e. The van der Waals surface area contributed by atoms with Gasteiger partial charge in [0.2, 0.25) is 5.91 Å². The van der Waals surface area contributed by atoms with E-state index in [9.17, 15) is 4.79 Å². The molecule has 0 aliphatic heterocycles. The topological polar surface area (TPSA) is 44.7 Å². The molecule has 0 spiro atoms. The zero-order chi connectivity index (χ0) is 23.1. The van der Waals surface area contributed by atoms with Crippen molar-refractivity contribution in [3.05, 3.63) is 65.7 Å². The first-order chi connectivity index (χ1) is 15.8.